The van der Waals surface area contributed by atoms with Gasteiger partial charge in [-0.3, -0.25) is 4.79 Å². The van der Waals surface area contributed by atoms with Crippen molar-refractivity contribution in [3.05, 3.63) is 53.1 Å². The lowest BCUT2D eigenvalue weighted by Gasteiger charge is -2.11. The first-order valence-electron chi connectivity index (χ1n) is 7.57. The van der Waals surface area contributed by atoms with Gasteiger partial charge in [-0.05, 0) is 43.3 Å². The van der Waals surface area contributed by atoms with E-state index in [1.54, 1.807) is 36.4 Å². The van der Waals surface area contributed by atoms with Crippen LogP contribution in [0, 0.1) is 0 Å². The second-order valence-electron chi connectivity index (χ2n) is 4.93. The van der Waals surface area contributed by atoms with Gasteiger partial charge in [-0.25, -0.2) is 4.79 Å². The van der Waals surface area contributed by atoms with Crippen LogP contribution >= 0.6 is 11.6 Å². The predicted molar refractivity (Wildman–Crippen MR) is 94.5 cm³/mol. The average molecular weight is 364 g/mol. The Morgan fingerprint density at radius 1 is 1.12 bits per heavy atom. The summed E-state index contributed by atoms with van der Waals surface area (Å²) in [5.41, 5.74) is 0.788. The van der Waals surface area contributed by atoms with Crippen LogP contribution in [-0.4, -0.2) is 32.2 Å². The minimum absolute atomic E-state index is 0.264. The van der Waals surface area contributed by atoms with Crippen LogP contribution in [0.4, 0.5) is 5.69 Å². The molecule has 1 N–H and O–H groups in total. The minimum Gasteiger partial charge on any atom is -0.493 e. The Hall–Kier alpha value is -2.73. The van der Waals surface area contributed by atoms with Crippen molar-refractivity contribution >= 4 is 29.2 Å². The van der Waals surface area contributed by atoms with E-state index in [0.717, 1.165) is 0 Å². The van der Waals surface area contributed by atoms with Crippen LogP contribution in [0.5, 0.6) is 11.5 Å². The smallest absolute Gasteiger partial charge is 0.338 e. The first-order valence-corrected chi connectivity index (χ1v) is 7.94. The van der Waals surface area contributed by atoms with E-state index >= 15 is 0 Å². The summed E-state index contributed by atoms with van der Waals surface area (Å²) < 4.78 is 15.6. The van der Waals surface area contributed by atoms with Crippen molar-refractivity contribution < 1.29 is 23.8 Å². The topological polar surface area (TPSA) is 73.9 Å². The summed E-state index contributed by atoms with van der Waals surface area (Å²) in [5.74, 6) is -0.154. The van der Waals surface area contributed by atoms with Crippen LogP contribution in [0.25, 0.3) is 0 Å². The van der Waals surface area contributed by atoms with Crippen molar-refractivity contribution in [2.75, 3.05) is 25.6 Å². The third kappa shape index (κ3) is 5.39. The summed E-state index contributed by atoms with van der Waals surface area (Å²) >= 11 is 5.84. The van der Waals surface area contributed by atoms with Crippen LogP contribution in [0.2, 0.25) is 5.02 Å². The number of hydrogen-bond acceptors (Lipinski definition) is 5. The van der Waals surface area contributed by atoms with E-state index < -0.39 is 18.5 Å². The number of nitrogens with one attached hydrogen (secondary N) is 1. The third-order valence-corrected chi connectivity index (χ3v) is 3.38. The highest BCUT2D eigenvalue weighted by atomic mass is 35.5. The van der Waals surface area contributed by atoms with Gasteiger partial charge in [0.2, 0.25) is 0 Å². The quantitative estimate of drug-likeness (QED) is 0.761. The summed E-state index contributed by atoms with van der Waals surface area (Å²) in [6.07, 6.45) is 0. The number of anilines is 1. The van der Waals surface area contributed by atoms with Gasteiger partial charge >= 0.3 is 5.97 Å². The molecule has 132 valence electrons. The van der Waals surface area contributed by atoms with E-state index in [9.17, 15) is 9.59 Å². The lowest BCUT2D eigenvalue weighted by Crippen LogP contribution is -2.21. The fourth-order valence-electron chi connectivity index (χ4n) is 2.05. The van der Waals surface area contributed by atoms with Gasteiger partial charge < -0.3 is 19.5 Å². The molecular formula is C18H18ClNO5. The maximum atomic E-state index is 12.1. The van der Waals surface area contributed by atoms with E-state index in [2.05, 4.69) is 5.32 Å². The molecule has 0 atom stereocenters. The lowest BCUT2D eigenvalue weighted by atomic mass is 10.2. The van der Waals surface area contributed by atoms with Crippen molar-refractivity contribution in [3.8, 4) is 11.5 Å². The number of methoxy groups -OCH3 is 1. The molecule has 0 heterocycles. The van der Waals surface area contributed by atoms with Crippen LogP contribution in [0.15, 0.2) is 42.5 Å². The molecule has 0 bridgehead atoms. The average Bonchev–Trinajstić information content (AvgIpc) is 2.60. The molecule has 2 aromatic rings. The SMILES string of the molecule is CCOc1cc(C(=O)OCC(=O)Nc2cccc(Cl)c2)ccc1OC. The zero-order valence-corrected chi connectivity index (χ0v) is 14.6. The van der Waals surface area contributed by atoms with Crippen LogP contribution in [-0.2, 0) is 9.53 Å². The summed E-state index contributed by atoms with van der Waals surface area (Å²) in [5, 5.41) is 3.09. The monoisotopic (exact) mass is 363 g/mol. The maximum Gasteiger partial charge on any atom is 0.338 e. The molecule has 0 radical (unpaired) electrons. The molecule has 0 aromatic heterocycles. The second kappa shape index (κ2) is 8.94. The van der Waals surface area contributed by atoms with E-state index in [1.807, 2.05) is 6.92 Å². The molecule has 25 heavy (non-hydrogen) atoms. The third-order valence-electron chi connectivity index (χ3n) is 3.14. The van der Waals surface area contributed by atoms with Gasteiger partial charge in [0.25, 0.3) is 5.91 Å². The van der Waals surface area contributed by atoms with Crippen molar-refractivity contribution in [1.29, 1.82) is 0 Å². The first-order chi connectivity index (χ1) is 12.0. The Kier molecular flexibility index (Phi) is 6.65. The molecule has 0 aliphatic carbocycles. The van der Waals surface area contributed by atoms with Crippen molar-refractivity contribution in [2.24, 2.45) is 0 Å². The Morgan fingerprint density at radius 3 is 2.60 bits per heavy atom. The van der Waals surface area contributed by atoms with E-state index in [4.69, 9.17) is 25.8 Å². The Labute approximate surface area is 150 Å². The molecular weight excluding hydrogens is 346 g/mol. The number of carbonyl (C=O) groups is 2. The lowest BCUT2D eigenvalue weighted by molar-refractivity contribution is -0.119. The number of ether oxygens (including phenoxy) is 3. The van der Waals surface area contributed by atoms with Gasteiger partial charge in [-0.2, -0.15) is 0 Å². The molecule has 1 amide bonds. The maximum absolute atomic E-state index is 12.1. The molecule has 0 unspecified atom stereocenters. The fourth-order valence-corrected chi connectivity index (χ4v) is 2.24. The van der Waals surface area contributed by atoms with Gasteiger partial charge in [-0.1, -0.05) is 17.7 Å². The Morgan fingerprint density at radius 2 is 1.92 bits per heavy atom. The summed E-state index contributed by atoms with van der Waals surface area (Å²) in [7, 11) is 1.51. The summed E-state index contributed by atoms with van der Waals surface area (Å²) in [4.78, 5) is 23.9. The normalized spacial score (nSPS) is 10.0. The molecule has 2 aromatic carbocycles. The predicted octanol–water partition coefficient (Wildman–Crippen LogP) is 3.54. The van der Waals surface area contributed by atoms with Gasteiger partial charge in [0.1, 0.15) is 0 Å². The van der Waals surface area contributed by atoms with E-state index in [0.29, 0.717) is 28.8 Å². The number of esters is 1. The van der Waals surface area contributed by atoms with Gasteiger partial charge in [0, 0.05) is 10.7 Å². The Balaban J connectivity index is 1.95. The van der Waals surface area contributed by atoms with Crippen molar-refractivity contribution in [2.45, 2.75) is 6.92 Å². The molecule has 2 rings (SSSR count). The van der Waals surface area contributed by atoms with Gasteiger partial charge in [0.15, 0.2) is 18.1 Å². The zero-order chi connectivity index (χ0) is 18.2. The van der Waals surface area contributed by atoms with E-state index in [-0.39, 0.29) is 5.56 Å². The molecule has 6 nitrogen and oxygen atoms in total. The number of rotatable bonds is 7. The largest absolute Gasteiger partial charge is 0.493 e. The number of carbonyl (C=O) groups excluding carboxylic acids is 2. The number of amides is 1. The molecule has 0 spiro atoms. The highest BCUT2D eigenvalue weighted by Gasteiger charge is 2.14. The zero-order valence-electron chi connectivity index (χ0n) is 13.9. The second-order valence-corrected chi connectivity index (χ2v) is 5.37. The van der Waals surface area contributed by atoms with Crippen molar-refractivity contribution in [3.63, 3.8) is 0 Å². The summed E-state index contributed by atoms with van der Waals surface area (Å²) in [6.45, 7) is 1.84. The van der Waals surface area contributed by atoms with Gasteiger partial charge in [-0.15, -0.1) is 0 Å². The molecule has 7 heteroatoms. The van der Waals surface area contributed by atoms with Crippen molar-refractivity contribution in [1.82, 2.24) is 0 Å². The molecule has 0 aliphatic heterocycles. The van der Waals surface area contributed by atoms with E-state index in [1.165, 1.54) is 13.2 Å². The molecule has 0 saturated heterocycles. The van der Waals surface area contributed by atoms with Crippen LogP contribution in [0.1, 0.15) is 17.3 Å². The number of hydrogen-bond donors (Lipinski definition) is 1. The number of benzene rings is 2. The minimum atomic E-state index is -0.634. The standard InChI is InChI=1S/C18H18ClNO5/c1-3-24-16-9-12(7-8-15(16)23-2)18(22)25-11-17(21)20-14-6-4-5-13(19)10-14/h4-10H,3,11H2,1-2H3,(H,20,21). The van der Waals surface area contributed by atoms with Crippen LogP contribution < -0.4 is 14.8 Å². The fraction of sp³-hybridized carbons (Fsp3) is 0.222. The summed E-state index contributed by atoms with van der Waals surface area (Å²) in [6, 6.07) is 11.3. The highest BCUT2D eigenvalue weighted by molar-refractivity contribution is 6.30. The van der Waals surface area contributed by atoms with Crippen LogP contribution in [0.3, 0.4) is 0 Å². The molecule has 0 aliphatic rings. The Bertz CT molecular complexity index is 763. The highest BCUT2D eigenvalue weighted by Crippen LogP contribution is 2.28. The molecule has 0 saturated carbocycles. The molecule has 0 fully saturated rings. The first kappa shape index (κ1) is 18.6. The number of halogens is 1. The van der Waals surface area contributed by atoms with Gasteiger partial charge in [0.05, 0.1) is 19.3 Å².